The molecule has 2 amide bonds. The van der Waals surface area contributed by atoms with Gasteiger partial charge in [0.25, 0.3) is 0 Å². The number of nitrogens with zero attached hydrogens (tertiary/aromatic N) is 3. The van der Waals surface area contributed by atoms with Gasteiger partial charge < -0.3 is 10.2 Å². The minimum atomic E-state index is -0.196. The Bertz CT molecular complexity index is 759. The first kappa shape index (κ1) is 17.5. The fraction of sp³-hybridized carbons (Fsp3) is 0.444. The van der Waals surface area contributed by atoms with Crippen LogP contribution < -0.4 is 10.2 Å². The van der Waals surface area contributed by atoms with Gasteiger partial charge in [0.05, 0.1) is 0 Å². The molecule has 25 heavy (non-hydrogen) atoms. The van der Waals surface area contributed by atoms with Crippen LogP contribution in [0.1, 0.15) is 43.2 Å². The van der Waals surface area contributed by atoms with Crippen LogP contribution in [0.15, 0.2) is 24.3 Å². The summed E-state index contributed by atoms with van der Waals surface area (Å²) in [4.78, 5) is 26.4. The third kappa shape index (κ3) is 4.42. The number of hydrogen-bond donors (Lipinski definition) is 1. The Morgan fingerprint density at radius 1 is 1.24 bits per heavy atom. The molecule has 3 rings (SSSR count). The maximum Gasteiger partial charge on any atom is 0.227 e. The first-order valence-electron chi connectivity index (χ1n) is 8.68. The fourth-order valence-electron chi connectivity index (χ4n) is 2.95. The first-order valence-corrected chi connectivity index (χ1v) is 9.49. The van der Waals surface area contributed by atoms with Gasteiger partial charge in [-0.25, -0.2) is 0 Å². The van der Waals surface area contributed by atoms with Gasteiger partial charge in [-0.15, -0.1) is 10.2 Å². The lowest BCUT2D eigenvalue weighted by molar-refractivity contribution is -0.122. The number of anilines is 2. The van der Waals surface area contributed by atoms with Crippen molar-refractivity contribution in [3.63, 3.8) is 0 Å². The molecule has 0 spiro atoms. The second-order valence-corrected chi connectivity index (χ2v) is 7.14. The van der Waals surface area contributed by atoms with Crippen LogP contribution in [-0.4, -0.2) is 28.6 Å². The van der Waals surface area contributed by atoms with E-state index >= 15 is 0 Å². The van der Waals surface area contributed by atoms with E-state index in [2.05, 4.69) is 28.5 Å². The van der Waals surface area contributed by atoms with Gasteiger partial charge in [-0.3, -0.25) is 9.59 Å². The molecule has 2 heterocycles. The lowest BCUT2D eigenvalue weighted by Crippen LogP contribution is -2.35. The van der Waals surface area contributed by atoms with Crippen LogP contribution in [0.5, 0.6) is 0 Å². The Labute approximate surface area is 151 Å². The van der Waals surface area contributed by atoms with Crippen LogP contribution >= 0.6 is 11.3 Å². The van der Waals surface area contributed by atoms with E-state index < -0.39 is 0 Å². The summed E-state index contributed by atoms with van der Waals surface area (Å²) in [7, 11) is 0. The summed E-state index contributed by atoms with van der Waals surface area (Å²) in [6.07, 6.45) is 4.16. The molecule has 2 aromatic rings. The van der Waals surface area contributed by atoms with Crippen molar-refractivity contribution in [3.8, 4) is 0 Å². The molecule has 1 aliphatic rings. The summed E-state index contributed by atoms with van der Waals surface area (Å²) in [5, 5.41) is 12.1. The Morgan fingerprint density at radius 2 is 2.08 bits per heavy atom. The molecule has 0 saturated carbocycles. The minimum absolute atomic E-state index is 0.00812. The Kier molecular flexibility index (Phi) is 5.75. The van der Waals surface area contributed by atoms with E-state index in [1.165, 1.54) is 16.9 Å². The molecular formula is C18H22N4O2S. The average Bonchev–Trinajstić information content (AvgIpc) is 3.06. The summed E-state index contributed by atoms with van der Waals surface area (Å²) in [6, 6.07) is 7.98. The summed E-state index contributed by atoms with van der Waals surface area (Å²) < 4.78 is 0. The molecule has 6 nitrogen and oxygen atoms in total. The molecule has 0 aliphatic carbocycles. The number of fused-ring (bicyclic) bond motifs is 1. The number of rotatable bonds is 6. The standard InChI is InChI=1S/C18H22N4O2S/c1-2-6-16-20-21-18(25-16)19-15(23)10-11-17(24)22-12-5-8-13-7-3-4-9-14(13)22/h3-4,7,9H,2,5-6,8,10-12H2,1H3,(H,19,21,23). The van der Waals surface area contributed by atoms with E-state index in [0.29, 0.717) is 11.7 Å². The molecule has 1 N–H and O–H groups in total. The number of nitrogens with one attached hydrogen (secondary N) is 1. The number of aryl methyl sites for hydroxylation is 2. The number of carbonyl (C=O) groups excluding carboxylic acids is 2. The van der Waals surface area contributed by atoms with E-state index in [9.17, 15) is 9.59 Å². The van der Waals surface area contributed by atoms with E-state index in [0.717, 1.165) is 36.4 Å². The number of benzene rings is 1. The fourth-order valence-corrected chi connectivity index (χ4v) is 3.81. The average molecular weight is 358 g/mol. The second-order valence-electron chi connectivity index (χ2n) is 6.08. The number of para-hydroxylation sites is 1. The highest BCUT2D eigenvalue weighted by atomic mass is 32.1. The molecule has 132 valence electrons. The largest absolute Gasteiger partial charge is 0.312 e. The van der Waals surface area contributed by atoms with E-state index in [-0.39, 0.29) is 24.7 Å². The number of aromatic nitrogens is 2. The molecule has 0 fully saturated rings. The number of hydrogen-bond acceptors (Lipinski definition) is 5. The van der Waals surface area contributed by atoms with Crippen molar-refractivity contribution in [1.29, 1.82) is 0 Å². The summed E-state index contributed by atoms with van der Waals surface area (Å²) in [5.74, 6) is -0.205. The van der Waals surface area contributed by atoms with Crippen molar-refractivity contribution < 1.29 is 9.59 Å². The Balaban J connectivity index is 1.53. The highest BCUT2D eigenvalue weighted by Gasteiger charge is 2.22. The monoisotopic (exact) mass is 358 g/mol. The zero-order valence-corrected chi connectivity index (χ0v) is 15.1. The van der Waals surface area contributed by atoms with Crippen LogP contribution in [-0.2, 0) is 22.4 Å². The number of amides is 2. The molecule has 1 aromatic heterocycles. The van der Waals surface area contributed by atoms with Gasteiger partial charge in [0, 0.05) is 31.5 Å². The third-order valence-corrected chi connectivity index (χ3v) is 5.05. The summed E-state index contributed by atoms with van der Waals surface area (Å²) in [5.41, 5.74) is 2.18. The van der Waals surface area contributed by atoms with E-state index in [1.54, 1.807) is 4.90 Å². The van der Waals surface area contributed by atoms with Crippen molar-refractivity contribution >= 4 is 34.0 Å². The van der Waals surface area contributed by atoms with Crippen LogP contribution in [0.3, 0.4) is 0 Å². The topological polar surface area (TPSA) is 75.2 Å². The highest BCUT2D eigenvalue weighted by Crippen LogP contribution is 2.27. The maximum absolute atomic E-state index is 12.5. The van der Waals surface area contributed by atoms with Gasteiger partial charge in [-0.05, 0) is 30.9 Å². The normalized spacial score (nSPS) is 13.4. The molecule has 7 heteroatoms. The zero-order chi connectivity index (χ0) is 17.6. The van der Waals surface area contributed by atoms with Gasteiger partial charge in [-0.1, -0.05) is 36.5 Å². The summed E-state index contributed by atoms with van der Waals surface area (Å²) in [6.45, 7) is 2.79. The van der Waals surface area contributed by atoms with Gasteiger partial charge in [-0.2, -0.15) is 0 Å². The third-order valence-electron chi connectivity index (χ3n) is 4.15. The Hall–Kier alpha value is -2.28. The lowest BCUT2D eigenvalue weighted by Gasteiger charge is -2.29. The van der Waals surface area contributed by atoms with Crippen molar-refractivity contribution in [2.24, 2.45) is 0 Å². The molecule has 0 radical (unpaired) electrons. The van der Waals surface area contributed by atoms with Gasteiger partial charge in [0.2, 0.25) is 16.9 Å². The molecule has 0 saturated heterocycles. The molecule has 1 aromatic carbocycles. The molecule has 1 aliphatic heterocycles. The summed E-state index contributed by atoms with van der Waals surface area (Å²) >= 11 is 1.39. The second kappa shape index (κ2) is 8.20. The van der Waals surface area contributed by atoms with Crippen molar-refractivity contribution in [1.82, 2.24) is 10.2 Å². The first-order chi connectivity index (χ1) is 12.2. The van der Waals surface area contributed by atoms with Crippen molar-refractivity contribution in [2.45, 2.75) is 45.4 Å². The maximum atomic E-state index is 12.5. The van der Waals surface area contributed by atoms with Crippen molar-refractivity contribution in [2.75, 3.05) is 16.8 Å². The number of carbonyl (C=O) groups is 2. The van der Waals surface area contributed by atoms with Crippen LogP contribution in [0.4, 0.5) is 10.8 Å². The predicted molar refractivity (Wildman–Crippen MR) is 98.9 cm³/mol. The quantitative estimate of drug-likeness (QED) is 0.860. The highest BCUT2D eigenvalue weighted by molar-refractivity contribution is 7.15. The van der Waals surface area contributed by atoms with Crippen molar-refractivity contribution in [3.05, 3.63) is 34.8 Å². The molecule has 0 bridgehead atoms. The SMILES string of the molecule is CCCc1nnc(NC(=O)CCC(=O)N2CCCc3ccccc32)s1. The molecule has 0 atom stereocenters. The minimum Gasteiger partial charge on any atom is -0.312 e. The van der Waals surface area contributed by atoms with E-state index in [1.807, 2.05) is 18.2 Å². The predicted octanol–water partition coefficient (Wildman–Crippen LogP) is 3.19. The molecule has 0 unspecified atom stereocenters. The van der Waals surface area contributed by atoms with Gasteiger partial charge in [0.1, 0.15) is 5.01 Å². The van der Waals surface area contributed by atoms with Crippen LogP contribution in [0.2, 0.25) is 0 Å². The van der Waals surface area contributed by atoms with Gasteiger partial charge in [0.15, 0.2) is 0 Å². The van der Waals surface area contributed by atoms with Gasteiger partial charge >= 0.3 is 0 Å². The lowest BCUT2D eigenvalue weighted by atomic mass is 10.0. The van der Waals surface area contributed by atoms with Crippen LogP contribution in [0, 0.1) is 0 Å². The van der Waals surface area contributed by atoms with E-state index in [4.69, 9.17) is 0 Å². The Morgan fingerprint density at radius 3 is 2.92 bits per heavy atom. The molecular weight excluding hydrogens is 336 g/mol. The van der Waals surface area contributed by atoms with Crippen LogP contribution in [0.25, 0.3) is 0 Å². The zero-order valence-electron chi connectivity index (χ0n) is 14.3. The smallest absolute Gasteiger partial charge is 0.227 e.